The van der Waals surface area contributed by atoms with Crippen molar-refractivity contribution in [1.29, 1.82) is 0 Å². The van der Waals surface area contributed by atoms with Crippen molar-refractivity contribution in [3.05, 3.63) is 53.9 Å². The van der Waals surface area contributed by atoms with Crippen molar-refractivity contribution in [2.45, 2.75) is 18.8 Å². The summed E-state index contributed by atoms with van der Waals surface area (Å²) in [5.74, 6) is 1.15. The molecule has 0 atom stereocenters. The standard InChI is InChI=1S/C21H21N3O3/c25-20(14-3-6-17(7-4-14)24-9-11-26-12-10-24)22-16-5-8-19-18(13-16)23-21(27-19)15-1-2-15/h3-8,13,15H,1-2,9-12H2,(H,22,25). The van der Waals surface area contributed by atoms with Crippen molar-refractivity contribution in [3.8, 4) is 0 Å². The molecule has 1 aliphatic carbocycles. The number of benzene rings is 2. The SMILES string of the molecule is O=C(Nc1ccc2oc(C3CC3)nc2c1)c1ccc(N2CCOCC2)cc1. The van der Waals surface area contributed by atoms with Gasteiger partial charge in [0.15, 0.2) is 11.5 Å². The molecular formula is C21H21N3O3. The summed E-state index contributed by atoms with van der Waals surface area (Å²) in [6.45, 7) is 3.25. The Labute approximate surface area is 157 Å². The lowest BCUT2D eigenvalue weighted by Gasteiger charge is -2.28. The molecule has 0 spiro atoms. The van der Waals surface area contributed by atoms with Gasteiger partial charge in [-0.15, -0.1) is 0 Å². The molecule has 1 aliphatic heterocycles. The van der Waals surface area contributed by atoms with E-state index in [1.165, 1.54) is 0 Å². The third-order valence-electron chi connectivity index (χ3n) is 5.09. The van der Waals surface area contributed by atoms with Crippen LogP contribution in [0.2, 0.25) is 0 Å². The van der Waals surface area contributed by atoms with Crippen LogP contribution in [0.15, 0.2) is 46.9 Å². The minimum absolute atomic E-state index is 0.131. The maximum atomic E-state index is 12.6. The Morgan fingerprint density at radius 2 is 1.85 bits per heavy atom. The fraction of sp³-hybridized carbons (Fsp3) is 0.333. The second-order valence-corrected chi connectivity index (χ2v) is 7.11. The van der Waals surface area contributed by atoms with E-state index in [0.717, 1.165) is 67.5 Å². The van der Waals surface area contributed by atoms with Gasteiger partial charge in [0.2, 0.25) is 0 Å². The van der Waals surface area contributed by atoms with Crippen LogP contribution in [-0.2, 0) is 4.74 Å². The molecule has 2 aromatic carbocycles. The summed E-state index contributed by atoms with van der Waals surface area (Å²) in [5.41, 5.74) is 4.03. The number of carbonyl (C=O) groups is 1. The van der Waals surface area contributed by atoms with Crippen molar-refractivity contribution in [2.24, 2.45) is 0 Å². The lowest BCUT2D eigenvalue weighted by atomic mass is 10.1. The fourth-order valence-corrected chi connectivity index (χ4v) is 3.38. The number of hydrogen-bond donors (Lipinski definition) is 1. The molecule has 6 nitrogen and oxygen atoms in total. The lowest BCUT2D eigenvalue weighted by molar-refractivity contribution is 0.102. The Balaban J connectivity index is 1.29. The van der Waals surface area contributed by atoms with Gasteiger partial charge >= 0.3 is 0 Å². The highest BCUT2D eigenvalue weighted by Crippen LogP contribution is 2.40. The summed E-state index contributed by atoms with van der Waals surface area (Å²) >= 11 is 0. The van der Waals surface area contributed by atoms with Gasteiger partial charge in [-0.1, -0.05) is 0 Å². The van der Waals surface area contributed by atoms with Crippen LogP contribution in [-0.4, -0.2) is 37.2 Å². The van der Waals surface area contributed by atoms with Gasteiger partial charge in [-0.2, -0.15) is 0 Å². The monoisotopic (exact) mass is 363 g/mol. The Bertz CT molecular complexity index is 970. The number of nitrogens with one attached hydrogen (secondary N) is 1. The molecule has 1 amide bonds. The molecular weight excluding hydrogens is 342 g/mol. The highest BCUT2D eigenvalue weighted by Gasteiger charge is 2.28. The van der Waals surface area contributed by atoms with Crippen molar-refractivity contribution >= 4 is 28.4 Å². The molecule has 1 N–H and O–H groups in total. The van der Waals surface area contributed by atoms with E-state index in [-0.39, 0.29) is 5.91 Å². The van der Waals surface area contributed by atoms with E-state index in [0.29, 0.717) is 11.5 Å². The van der Waals surface area contributed by atoms with E-state index in [1.807, 2.05) is 42.5 Å². The number of anilines is 2. The normalized spacial score (nSPS) is 17.3. The minimum atomic E-state index is -0.131. The van der Waals surface area contributed by atoms with Gasteiger partial charge in [0, 0.05) is 35.9 Å². The van der Waals surface area contributed by atoms with Crippen LogP contribution in [0.5, 0.6) is 0 Å². The van der Waals surface area contributed by atoms with E-state index in [4.69, 9.17) is 9.15 Å². The molecule has 3 aromatic rings. The number of fused-ring (bicyclic) bond motifs is 1. The first-order valence-corrected chi connectivity index (χ1v) is 9.41. The molecule has 2 aliphatic rings. The first-order valence-electron chi connectivity index (χ1n) is 9.41. The average Bonchev–Trinajstić information content (AvgIpc) is 3.48. The third-order valence-corrected chi connectivity index (χ3v) is 5.09. The number of rotatable bonds is 4. The van der Waals surface area contributed by atoms with Gasteiger partial charge in [-0.05, 0) is 55.3 Å². The summed E-state index contributed by atoms with van der Waals surface area (Å²) < 4.78 is 11.2. The minimum Gasteiger partial charge on any atom is -0.440 e. The summed E-state index contributed by atoms with van der Waals surface area (Å²) in [4.78, 5) is 19.4. The molecule has 2 heterocycles. The predicted molar refractivity (Wildman–Crippen MR) is 103 cm³/mol. The zero-order valence-corrected chi connectivity index (χ0v) is 15.0. The predicted octanol–water partition coefficient (Wildman–Crippen LogP) is 3.79. The van der Waals surface area contributed by atoms with E-state index >= 15 is 0 Å². The molecule has 6 heteroatoms. The summed E-state index contributed by atoms with van der Waals surface area (Å²) in [6, 6.07) is 13.3. The van der Waals surface area contributed by atoms with Gasteiger partial charge in [-0.3, -0.25) is 4.79 Å². The molecule has 1 aromatic heterocycles. The smallest absolute Gasteiger partial charge is 0.255 e. The van der Waals surface area contributed by atoms with Crippen molar-refractivity contribution in [2.75, 3.05) is 36.5 Å². The lowest BCUT2D eigenvalue weighted by Crippen LogP contribution is -2.36. The number of nitrogens with zero attached hydrogens (tertiary/aromatic N) is 2. The maximum Gasteiger partial charge on any atom is 0.255 e. The Hall–Kier alpha value is -2.86. The van der Waals surface area contributed by atoms with E-state index < -0.39 is 0 Å². The zero-order chi connectivity index (χ0) is 18.2. The molecule has 1 saturated carbocycles. The highest BCUT2D eigenvalue weighted by molar-refractivity contribution is 6.05. The van der Waals surface area contributed by atoms with Crippen molar-refractivity contribution in [3.63, 3.8) is 0 Å². The number of amides is 1. The molecule has 5 rings (SSSR count). The average molecular weight is 363 g/mol. The quantitative estimate of drug-likeness (QED) is 0.764. The Morgan fingerprint density at radius 3 is 2.59 bits per heavy atom. The molecule has 0 unspecified atom stereocenters. The van der Waals surface area contributed by atoms with Gasteiger partial charge in [0.05, 0.1) is 13.2 Å². The number of ether oxygens (including phenoxy) is 1. The first kappa shape index (κ1) is 16.3. The number of aromatic nitrogens is 1. The van der Waals surface area contributed by atoms with Crippen LogP contribution in [0.25, 0.3) is 11.1 Å². The number of hydrogen-bond acceptors (Lipinski definition) is 5. The van der Waals surface area contributed by atoms with E-state index in [1.54, 1.807) is 0 Å². The van der Waals surface area contributed by atoms with Crippen LogP contribution in [0.1, 0.15) is 35.0 Å². The summed E-state index contributed by atoms with van der Waals surface area (Å²) in [6.07, 6.45) is 2.30. The van der Waals surface area contributed by atoms with Crippen LogP contribution in [0.4, 0.5) is 11.4 Å². The Kier molecular flexibility index (Phi) is 4.05. The molecule has 2 fully saturated rings. The number of oxazole rings is 1. The summed E-state index contributed by atoms with van der Waals surface area (Å²) in [7, 11) is 0. The van der Waals surface area contributed by atoms with Crippen LogP contribution in [0, 0.1) is 0 Å². The topological polar surface area (TPSA) is 67.6 Å². The number of carbonyl (C=O) groups excluding carboxylic acids is 1. The molecule has 1 saturated heterocycles. The van der Waals surface area contributed by atoms with E-state index in [9.17, 15) is 4.79 Å². The van der Waals surface area contributed by atoms with Crippen LogP contribution in [0.3, 0.4) is 0 Å². The van der Waals surface area contributed by atoms with Gasteiger partial charge in [0.25, 0.3) is 5.91 Å². The van der Waals surface area contributed by atoms with Gasteiger partial charge in [-0.25, -0.2) is 4.98 Å². The molecule has 138 valence electrons. The fourth-order valence-electron chi connectivity index (χ4n) is 3.38. The Morgan fingerprint density at radius 1 is 1.07 bits per heavy atom. The third kappa shape index (κ3) is 3.40. The molecule has 0 radical (unpaired) electrons. The molecule has 0 bridgehead atoms. The summed E-state index contributed by atoms with van der Waals surface area (Å²) in [5, 5.41) is 2.95. The van der Waals surface area contributed by atoms with Gasteiger partial charge < -0.3 is 19.4 Å². The first-order chi connectivity index (χ1) is 13.3. The van der Waals surface area contributed by atoms with Crippen LogP contribution >= 0.6 is 0 Å². The van der Waals surface area contributed by atoms with E-state index in [2.05, 4.69) is 15.2 Å². The molecule has 27 heavy (non-hydrogen) atoms. The zero-order valence-electron chi connectivity index (χ0n) is 15.0. The second kappa shape index (κ2) is 6.70. The highest BCUT2D eigenvalue weighted by atomic mass is 16.5. The maximum absolute atomic E-state index is 12.6. The second-order valence-electron chi connectivity index (χ2n) is 7.11. The van der Waals surface area contributed by atoms with Crippen molar-refractivity contribution in [1.82, 2.24) is 4.98 Å². The van der Waals surface area contributed by atoms with Crippen molar-refractivity contribution < 1.29 is 13.9 Å². The van der Waals surface area contributed by atoms with Gasteiger partial charge in [0.1, 0.15) is 5.52 Å². The van der Waals surface area contributed by atoms with Crippen LogP contribution < -0.4 is 10.2 Å². The number of morpholine rings is 1. The largest absolute Gasteiger partial charge is 0.440 e.